The summed E-state index contributed by atoms with van der Waals surface area (Å²) in [5.74, 6) is 1.22. The minimum Gasteiger partial charge on any atom is -0.393 e. The monoisotopic (exact) mass is 421 g/mol. The Morgan fingerprint density at radius 3 is 2.56 bits per heavy atom. The maximum Gasteiger partial charge on any atom is 0.154 e. The Hall–Kier alpha value is -4.71. The van der Waals surface area contributed by atoms with Crippen molar-refractivity contribution < 1.29 is 0 Å². The molecule has 0 aliphatic rings. The van der Waals surface area contributed by atoms with Crippen molar-refractivity contribution in [3.63, 3.8) is 0 Å². The van der Waals surface area contributed by atoms with Gasteiger partial charge in [0.15, 0.2) is 5.82 Å². The van der Waals surface area contributed by atoms with E-state index in [2.05, 4.69) is 35.8 Å². The molecule has 0 atom stereocenters. The molecule has 0 bridgehead atoms. The van der Waals surface area contributed by atoms with Gasteiger partial charge >= 0.3 is 0 Å². The molecule has 0 aromatic carbocycles. The second kappa shape index (κ2) is 8.97. The topological polar surface area (TPSA) is 136 Å². The smallest absolute Gasteiger partial charge is 0.154 e. The summed E-state index contributed by atoms with van der Waals surface area (Å²) < 4.78 is 0. The van der Waals surface area contributed by atoms with Gasteiger partial charge in [-0.15, -0.1) is 5.10 Å². The van der Waals surface area contributed by atoms with Crippen LogP contribution in [0.4, 0.5) is 11.6 Å². The van der Waals surface area contributed by atoms with Crippen LogP contribution in [0.1, 0.15) is 22.4 Å². The van der Waals surface area contributed by atoms with Gasteiger partial charge in [-0.05, 0) is 48.9 Å². The number of aromatic nitrogens is 5. The van der Waals surface area contributed by atoms with E-state index in [-0.39, 0.29) is 5.71 Å². The van der Waals surface area contributed by atoms with Crippen LogP contribution in [0.5, 0.6) is 0 Å². The standard InChI is InChI=1S/C23H19N9/c1-14-7-22(32-29-10-14)31-21-6-5-19-20(30-21)8-16(12-28-19)18(13-26-2)23(25)15-3-4-17(9-24)27-11-15/h3-8,10-13,25-26H,1-2H3,(H,30,31,32)/b18-13-,25-23?. The average molecular weight is 421 g/mol. The summed E-state index contributed by atoms with van der Waals surface area (Å²) in [5.41, 5.74) is 4.87. The number of hydrogen-bond donors (Lipinski definition) is 3. The molecular formula is C23H19N9. The summed E-state index contributed by atoms with van der Waals surface area (Å²) in [6.07, 6.45) is 6.64. The van der Waals surface area contributed by atoms with Crippen LogP contribution in [0.3, 0.4) is 0 Å². The first-order valence-electron chi connectivity index (χ1n) is 9.74. The Labute approximate surface area is 184 Å². The number of fused-ring (bicyclic) bond motifs is 1. The van der Waals surface area contributed by atoms with Crippen LogP contribution in [-0.2, 0) is 0 Å². The van der Waals surface area contributed by atoms with Crippen molar-refractivity contribution in [2.24, 2.45) is 0 Å². The number of pyridine rings is 3. The third kappa shape index (κ3) is 4.39. The fourth-order valence-electron chi connectivity index (χ4n) is 3.09. The van der Waals surface area contributed by atoms with Crippen molar-refractivity contribution in [3.05, 3.63) is 83.6 Å². The van der Waals surface area contributed by atoms with Crippen LogP contribution in [0.2, 0.25) is 0 Å². The highest BCUT2D eigenvalue weighted by Crippen LogP contribution is 2.23. The van der Waals surface area contributed by atoms with E-state index in [1.807, 2.05) is 37.3 Å². The quantitative estimate of drug-likeness (QED) is 0.403. The largest absolute Gasteiger partial charge is 0.393 e. The predicted octanol–water partition coefficient (Wildman–Crippen LogP) is 3.37. The number of hydrogen-bond acceptors (Lipinski definition) is 9. The number of rotatable bonds is 6. The molecule has 32 heavy (non-hydrogen) atoms. The molecule has 4 aromatic heterocycles. The van der Waals surface area contributed by atoms with Gasteiger partial charge in [-0.1, -0.05) is 0 Å². The SMILES string of the molecule is CN/C=C(\C(=N)c1ccc(C#N)nc1)c1cnc2ccc(Nc3cc(C)cnn3)nc2c1. The van der Waals surface area contributed by atoms with E-state index in [0.717, 1.165) is 16.6 Å². The Kier molecular flexibility index (Phi) is 5.76. The minimum atomic E-state index is 0.252. The summed E-state index contributed by atoms with van der Waals surface area (Å²) in [6.45, 7) is 1.94. The normalized spacial score (nSPS) is 11.1. The molecule has 0 unspecified atom stereocenters. The molecule has 4 aromatic rings. The van der Waals surface area contributed by atoms with E-state index in [1.165, 1.54) is 6.20 Å². The zero-order valence-electron chi connectivity index (χ0n) is 17.5. The third-order valence-corrected chi connectivity index (χ3v) is 4.62. The van der Waals surface area contributed by atoms with Gasteiger partial charge in [-0.25, -0.2) is 9.97 Å². The molecule has 0 saturated carbocycles. The lowest BCUT2D eigenvalue weighted by molar-refractivity contribution is 1.02. The zero-order chi connectivity index (χ0) is 22.5. The molecule has 9 nitrogen and oxygen atoms in total. The van der Waals surface area contributed by atoms with Gasteiger partial charge in [0.1, 0.15) is 17.6 Å². The molecule has 4 heterocycles. The van der Waals surface area contributed by atoms with E-state index < -0.39 is 0 Å². The van der Waals surface area contributed by atoms with Crippen molar-refractivity contribution in [3.8, 4) is 6.07 Å². The molecule has 0 radical (unpaired) electrons. The maximum absolute atomic E-state index is 8.95. The van der Waals surface area contributed by atoms with Crippen molar-refractivity contribution in [1.29, 1.82) is 10.7 Å². The maximum atomic E-state index is 8.95. The molecule has 9 heteroatoms. The first-order chi connectivity index (χ1) is 15.6. The Morgan fingerprint density at radius 2 is 1.84 bits per heavy atom. The molecule has 156 valence electrons. The Morgan fingerprint density at radius 1 is 1.00 bits per heavy atom. The fourth-order valence-corrected chi connectivity index (χ4v) is 3.09. The number of nitrogens with zero attached hydrogens (tertiary/aromatic N) is 6. The number of nitriles is 1. The van der Waals surface area contributed by atoms with Crippen LogP contribution >= 0.6 is 0 Å². The van der Waals surface area contributed by atoms with Gasteiger partial charge in [0, 0.05) is 42.3 Å². The molecule has 0 fully saturated rings. The van der Waals surface area contributed by atoms with Crippen molar-refractivity contribution in [2.45, 2.75) is 6.92 Å². The highest BCUT2D eigenvalue weighted by atomic mass is 15.2. The predicted molar refractivity (Wildman–Crippen MR) is 122 cm³/mol. The number of anilines is 2. The molecule has 0 aliphatic heterocycles. The molecule has 3 N–H and O–H groups in total. The zero-order valence-corrected chi connectivity index (χ0v) is 17.5. The minimum absolute atomic E-state index is 0.252. The van der Waals surface area contributed by atoms with Crippen LogP contribution in [0, 0.1) is 23.7 Å². The first kappa shape index (κ1) is 20.6. The van der Waals surface area contributed by atoms with Gasteiger partial charge < -0.3 is 10.6 Å². The van der Waals surface area contributed by atoms with Gasteiger partial charge in [-0.3, -0.25) is 10.4 Å². The lowest BCUT2D eigenvalue weighted by Crippen LogP contribution is -2.08. The summed E-state index contributed by atoms with van der Waals surface area (Å²) >= 11 is 0. The van der Waals surface area contributed by atoms with E-state index in [9.17, 15) is 0 Å². The van der Waals surface area contributed by atoms with Crippen LogP contribution in [0.25, 0.3) is 16.6 Å². The number of nitrogens with one attached hydrogen (secondary N) is 3. The van der Waals surface area contributed by atoms with Crippen LogP contribution in [0.15, 0.2) is 61.2 Å². The molecule has 0 amide bonds. The van der Waals surface area contributed by atoms with Crippen molar-refractivity contribution >= 4 is 34.0 Å². The summed E-state index contributed by atoms with van der Waals surface area (Å²) in [7, 11) is 1.77. The van der Waals surface area contributed by atoms with Crippen molar-refractivity contribution in [2.75, 3.05) is 12.4 Å². The van der Waals surface area contributed by atoms with Gasteiger partial charge in [0.25, 0.3) is 0 Å². The molecule has 4 rings (SSSR count). The fraction of sp³-hybridized carbons (Fsp3) is 0.0870. The highest BCUT2D eigenvalue weighted by Gasteiger charge is 2.13. The summed E-state index contributed by atoms with van der Waals surface area (Å²) in [6, 6.07) is 12.7. The second-order valence-electron chi connectivity index (χ2n) is 6.97. The number of aryl methyl sites for hydroxylation is 1. The molecular weight excluding hydrogens is 402 g/mol. The van der Waals surface area contributed by atoms with E-state index in [1.54, 1.807) is 37.8 Å². The van der Waals surface area contributed by atoms with Gasteiger partial charge in [0.05, 0.1) is 22.9 Å². The Balaban J connectivity index is 1.68. The van der Waals surface area contributed by atoms with Crippen molar-refractivity contribution in [1.82, 2.24) is 30.5 Å². The highest BCUT2D eigenvalue weighted by molar-refractivity contribution is 6.30. The second-order valence-corrected chi connectivity index (χ2v) is 6.97. The average Bonchev–Trinajstić information content (AvgIpc) is 2.82. The summed E-state index contributed by atoms with van der Waals surface area (Å²) in [4.78, 5) is 13.2. The molecule has 0 spiro atoms. The lowest BCUT2D eigenvalue weighted by atomic mass is 9.98. The number of allylic oxidation sites excluding steroid dienone is 1. The Bertz CT molecular complexity index is 1370. The van der Waals surface area contributed by atoms with E-state index in [4.69, 9.17) is 10.7 Å². The summed E-state index contributed by atoms with van der Waals surface area (Å²) in [5, 5.41) is 31.8. The van der Waals surface area contributed by atoms with Crippen LogP contribution < -0.4 is 10.6 Å². The van der Waals surface area contributed by atoms with E-state index >= 15 is 0 Å². The first-order valence-corrected chi connectivity index (χ1v) is 9.74. The lowest BCUT2D eigenvalue weighted by Gasteiger charge is -2.11. The third-order valence-electron chi connectivity index (χ3n) is 4.62. The molecule has 0 saturated heterocycles. The van der Waals surface area contributed by atoms with Gasteiger partial charge in [0.2, 0.25) is 0 Å². The van der Waals surface area contributed by atoms with E-state index in [0.29, 0.717) is 34.0 Å². The van der Waals surface area contributed by atoms with Gasteiger partial charge in [-0.2, -0.15) is 10.4 Å². The molecule has 0 aliphatic carbocycles. The van der Waals surface area contributed by atoms with Crippen LogP contribution in [-0.4, -0.2) is 37.9 Å².